The summed E-state index contributed by atoms with van der Waals surface area (Å²) < 4.78 is 8.07. The fourth-order valence-electron chi connectivity index (χ4n) is 3.30. The summed E-state index contributed by atoms with van der Waals surface area (Å²) in [5.41, 5.74) is 2.35. The number of rotatable bonds is 10. The molecule has 2 aromatic carbocycles. The molecule has 0 unspecified atom stereocenters. The van der Waals surface area contributed by atoms with Gasteiger partial charge in [0.1, 0.15) is 5.75 Å². The Morgan fingerprint density at radius 3 is 2.42 bits per heavy atom. The molecular weight excluding hydrogens is 408 g/mol. The van der Waals surface area contributed by atoms with Gasteiger partial charge in [-0.25, -0.2) is 0 Å². The highest BCUT2D eigenvalue weighted by atomic mass is 32.2. The molecule has 0 fully saturated rings. The van der Waals surface area contributed by atoms with E-state index in [1.54, 1.807) is 0 Å². The minimum absolute atomic E-state index is 0.0335. The maximum atomic E-state index is 12.4. The zero-order valence-electron chi connectivity index (χ0n) is 18.5. The van der Waals surface area contributed by atoms with E-state index in [0.717, 1.165) is 28.7 Å². The molecule has 1 N–H and O–H groups in total. The number of aromatic nitrogens is 3. The van der Waals surface area contributed by atoms with Crippen molar-refractivity contribution < 1.29 is 9.53 Å². The van der Waals surface area contributed by atoms with Crippen LogP contribution in [0.5, 0.6) is 5.75 Å². The number of benzene rings is 2. The lowest BCUT2D eigenvalue weighted by Crippen LogP contribution is -2.28. The molecule has 1 aromatic heterocycles. The molecule has 0 aliphatic carbocycles. The molecule has 31 heavy (non-hydrogen) atoms. The van der Waals surface area contributed by atoms with E-state index in [1.165, 1.54) is 17.3 Å². The van der Waals surface area contributed by atoms with Crippen LogP contribution in [-0.2, 0) is 17.8 Å². The fraction of sp³-hybridized carbons (Fsp3) is 0.375. The number of nitrogens with zero attached hydrogens (tertiary/aromatic N) is 3. The second-order valence-electron chi connectivity index (χ2n) is 7.33. The number of amides is 1. The van der Waals surface area contributed by atoms with Crippen LogP contribution in [0.1, 0.15) is 56.8 Å². The van der Waals surface area contributed by atoms with Gasteiger partial charge in [0.25, 0.3) is 0 Å². The first-order valence-corrected chi connectivity index (χ1v) is 11.7. The largest absolute Gasteiger partial charge is 0.483 e. The molecule has 0 spiro atoms. The van der Waals surface area contributed by atoms with E-state index >= 15 is 0 Å². The standard InChI is InChI=1S/C24H30N4O2S/c1-5-19-12-14-21(15-13-19)30-18(4)23-26-27-24(28(23)6-2)31-16-22(29)25-17(3)20-10-8-7-9-11-20/h7-15,17-18H,5-6,16H2,1-4H3,(H,25,29)/t17-,18-/m0/s1. The van der Waals surface area contributed by atoms with Gasteiger partial charge in [-0.05, 0) is 50.5 Å². The summed E-state index contributed by atoms with van der Waals surface area (Å²) in [5.74, 6) is 1.80. The molecule has 164 valence electrons. The van der Waals surface area contributed by atoms with Gasteiger partial charge in [0, 0.05) is 6.54 Å². The normalized spacial score (nSPS) is 12.9. The number of nitrogens with one attached hydrogen (secondary N) is 1. The molecule has 0 saturated carbocycles. The lowest BCUT2D eigenvalue weighted by atomic mass is 10.1. The summed E-state index contributed by atoms with van der Waals surface area (Å²) in [5, 5.41) is 12.4. The summed E-state index contributed by atoms with van der Waals surface area (Å²) >= 11 is 1.39. The molecular formula is C24H30N4O2S. The van der Waals surface area contributed by atoms with E-state index in [1.807, 2.05) is 67.8 Å². The topological polar surface area (TPSA) is 69.0 Å². The van der Waals surface area contributed by atoms with E-state index in [4.69, 9.17) is 4.74 Å². The highest BCUT2D eigenvalue weighted by Gasteiger charge is 2.20. The van der Waals surface area contributed by atoms with E-state index in [0.29, 0.717) is 6.54 Å². The minimum atomic E-state index is -0.249. The Bertz CT molecular complexity index is 973. The van der Waals surface area contributed by atoms with Gasteiger partial charge in [-0.15, -0.1) is 10.2 Å². The van der Waals surface area contributed by atoms with Crippen LogP contribution < -0.4 is 10.1 Å². The number of carbonyl (C=O) groups excluding carboxylic acids is 1. The third kappa shape index (κ3) is 6.10. The molecule has 2 atom stereocenters. The molecule has 1 amide bonds. The number of aryl methyl sites for hydroxylation is 1. The summed E-state index contributed by atoms with van der Waals surface area (Å²) in [6.07, 6.45) is 0.749. The van der Waals surface area contributed by atoms with Gasteiger partial charge in [-0.3, -0.25) is 4.79 Å². The monoisotopic (exact) mass is 438 g/mol. The molecule has 1 heterocycles. The second kappa shape index (κ2) is 11.0. The average Bonchev–Trinajstić information content (AvgIpc) is 3.22. The molecule has 3 aromatic rings. The van der Waals surface area contributed by atoms with Crippen LogP contribution in [-0.4, -0.2) is 26.4 Å². The average molecular weight is 439 g/mol. The van der Waals surface area contributed by atoms with Gasteiger partial charge in [-0.2, -0.15) is 0 Å². The molecule has 0 aliphatic rings. The van der Waals surface area contributed by atoms with E-state index in [-0.39, 0.29) is 23.8 Å². The first-order chi connectivity index (χ1) is 15.0. The molecule has 7 heteroatoms. The summed E-state index contributed by atoms with van der Waals surface area (Å²) in [6.45, 7) is 8.82. The first kappa shape index (κ1) is 22.9. The Hall–Kier alpha value is -2.80. The van der Waals surface area contributed by atoms with E-state index < -0.39 is 0 Å². The van der Waals surface area contributed by atoms with Crippen LogP contribution in [0.3, 0.4) is 0 Å². The fourth-order valence-corrected chi connectivity index (χ4v) is 4.12. The first-order valence-electron chi connectivity index (χ1n) is 10.7. The summed E-state index contributed by atoms with van der Waals surface area (Å²) in [4.78, 5) is 12.4. The van der Waals surface area contributed by atoms with E-state index in [2.05, 4.69) is 34.6 Å². The summed E-state index contributed by atoms with van der Waals surface area (Å²) in [7, 11) is 0. The zero-order valence-corrected chi connectivity index (χ0v) is 19.4. The van der Waals surface area contributed by atoms with Crippen molar-refractivity contribution in [3.8, 4) is 5.75 Å². The van der Waals surface area contributed by atoms with Crippen molar-refractivity contribution >= 4 is 17.7 Å². The van der Waals surface area contributed by atoms with Crippen molar-refractivity contribution in [2.75, 3.05) is 5.75 Å². The van der Waals surface area contributed by atoms with Gasteiger partial charge in [0.2, 0.25) is 5.91 Å². The van der Waals surface area contributed by atoms with E-state index in [9.17, 15) is 4.79 Å². The number of thioether (sulfide) groups is 1. The van der Waals surface area contributed by atoms with Crippen molar-refractivity contribution in [2.45, 2.75) is 58.0 Å². The van der Waals surface area contributed by atoms with Gasteiger partial charge >= 0.3 is 0 Å². The minimum Gasteiger partial charge on any atom is -0.483 e. The predicted molar refractivity (Wildman–Crippen MR) is 124 cm³/mol. The van der Waals surface area contributed by atoms with Crippen LogP contribution in [0.25, 0.3) is 0 Å². The van der Waals surface area contributed by atoms with Crippen molar-refractivity contribution in [3.63, 3.8) is 0 Å². The van der Waals surface area contributed by atoms with Crippen molar-refractivity contribution in [1.29, 1.82) is 0 Å². The lowest BCUT2D eigenvalue weighted by Gasteiger charge is -2.16. The molecule has 3 rings (SSSR count). The maximum absolute atomic E-state index is 12.4. The Balaban J connectivity index is 1.59. The van der Waals surface area contributed by atoms with Crippen LogP contribution in [0.15, 0.2) is 59.8 Å². The molecule has 0 aliphatic heterocycles. The van der Waals surface area contributed by atoms with Crippen molar-refractivity contribution in [3.05, 3.63) is 71.5 Å². The molecule has 0 saturated heterocycles. The lowest BCUT2D eigenvalue weighted by molar-refractivity contribution is -0.119. The number of hydrogen-bond acceptors (Lipinski definition) is 5. The third-order valence-electron chi connectivity index (χ3n) is 5.08. The van der Waals surface area contributed by atoms with Crippen LogP contribution in [0.2, 0.25) is 0 Å². The Morgan fingerprint density at radius 2 is 1.77 bits per heavy atom. The van der Waals surface area contributed by atoms with Gasteiger partial charge in [0.05, 0.1) is 11.8 Å². The van der Waals surface area contributed by atoms with Gasteiger partial charge in [0.15, 0.2) is 17.1 Å². The molecule has 0 bridgehead atoms. The smallest absolute Gasteiger partial charge is 0.230 e. The number of carbonyl (C=O) groups is 1. The Labute approximate surface area is 188 Å². The quantitative estimate of drug-likeness (QED) is 0.453. The van der Waals surface area contributed by atoms with Crippen LogP contribution in [0.4, 0.5) is 0 Å². The Morgan fingerprint density at radius 1 is 1.06 bits per heavy atom. The van der Waals surface area contributed by atoms with Gasteiger partial charge < -0.3 is 14.6 Å². The van der Waals surface area contributed by atoms with Gasteiger partial charge in [-0.1, -0.05) is 61.2 Å². The van der Waals surface area contributed by atoms with Crippen molar-refractivity contribution in [2.24, 2.45) is 0 Å². The molecule has 0 radical (unpaired) electrons. The zero-order chi connectivity index (χ0) is 22.2. The third-order valence-corrected chi connectivity index (χ3v) is 6.05. The van der Waals surface area contributed by atoms with Crippen LogP contribution >= 0.6 is 11.8 Å². The van der Waals surface area contributed by atoms with Crippen LogP contribution in [0, 0.1) is 0 Å². The predicted octanol–water partition coefficient (Wildman–Crippen LogP) is 4.97. The highest BCUT2D eigenvalue weighted by Crippen LogP contribution is 2.25. The molecule has 6 nitrogen and oxygen atoms in total. The van der Waals surface area contributed by atoms with Crippen molar-refractivity contribution in [1.82, 2.24) is 20.1 Å². The SMILES string of the molecule is CCc1ccc(O[C@@H](C)c2nnc(SCC(=O)N[C@@H](C)c3ccccc3)n2CC)cc1. The number of hydrogen-bond donors (Lipinski definition) is 1. The maximum Gasteiger partial charge on any atom is 0.230 e. The summed E-state index contributed by atoms with van der Waals surface area (Å²) in [6, 6.07) is 18.0. The Kier molecular flexibility index (Phi) is 8.12. The second-order valence-corrected chi connectivity index (χ2v) is 8.27. The highest BCUT2D eigenvalue weighted by molar-refractivity contribution is 7.99. The number of ether oxygens (including phenoxy) is 1.